The van der Waals surface area contributed by atoms with Crippen LogP contribution in [0.15, 0.2) is 66.7 Å². The molecule has 0 aliphatic heterocycles. The van der Waals surface area contributed by atoms with Crippen molar-refractivity contribution in [3.05, 3.63) is 77.9 Å². The van der Waals surface area contributed by atoms with Gasteiger partial charge < -0.3 is 9.42 Å². The highest BCUT2D eigenvalue weighted by Crippen LogP contribution is 2.46. The Labute approximate surface area is 176 Å². The van der Waals surface area contributed by atoms with E-state index in [4.69, 9.17) is 4.52 Å². The molecule has 3 aromatic rings. The van der Waals surface area contributed by atoms with Crippen LogP contribution in [0.25, 0.3) is 22.3 Å². The molecule has 0 saturated heterocycles. The van der Waals surface area contributed by atoms with Gasteiger partial charge in [0.1, 0.15) is 5.75 Å². The Kier molecular flexibility index (Phi) is 6.17. The van der Waals surface area contributed by atoms with E-state index in [1.54, 1.807) is 0 Å². The van der Waals surface area contributed by atoms with E-state index >= 15 is 0 Å². The highest BCUT2D eigenvalue weighted by atomic mass is 31.1. The van der Waals surface area contributed by atoms with Crippen LogP contribution in [0.3, 0.4) is 0 Å². The third-order valence-electron chi connectivity index (χ3n) is 5.21. The third kappa shape index (κ3) is 4.55. The fourth-order valence-corrected chi connectivity index (χ4v) is 4.16. The summed E-state index contributed by atoms with van der Waals surface area (Å²) in [5.41, 5.74) is 7.04. The Morgan fingerprint density at radius 2 is 1.10 bits per heavy atom. The molecule has 3 rings (SSSR count). The molecule has 1 atom stereocenters. The summed E-state index contributed by atoms with van der Waals surface area (Å²) in [5.74, 6) is 0.712. The smallest absolute Gasteiger partial charge is 0.212 e. The minimum atomic E-state index is -0.600. The zero-order valence-electron chi connectivity index (χ0n) is 18.2. The molecule has 0 saturated carbocycles. The minimum Gasteiger partial charge on any atom is -0.449 e. The zero-order chi connectivity index (χ0) is 21.2. The average Bonchev–Trinajstić information content (AvgIpc) is 2.67. The van der Waals surface area contributed by atoms with E-state index in [2.05, 4.69) is 96.1 Å². The first kappa shape index (κ1) is 21.6. The number of hydrogen-bond donors (Lipinski definition) is 1. The van der Waals surface area contributed by atoms with Crippen LogP contribution in [0.4, 0.5) is 0 Å². The van der Waals surface area contributed by atoms with Crippen LogP contribution in [0.5, 0.6) is 5.75 Å². The maximum absolute atomic E-state index is 9.57. The van der Waals surface area contributed by atoms with Crippen molar-refractivity contribution in [2.24, 2.45) is 0 Å². The largest absolute Gasteiger partial charge is 0.449 e. The van der Waals surface area contributed by atoms with E-state index in [-0.39, 0.29) is 10.8 Å². The third-order valence-corrected chi connectivity index (χ3v) is 5.52. The van der Waals surface area contributed by atoms with E-state index in [1.165, 1.54) is 16.7 Å². The number of rotatable bonds is 4. The molecule has 3 aromatic carbocycles. The molecular weight excluding hydrogens is 375 g/mol. The lowest BCUT2D eigenvalue weighted by molar-refractivity contribution is 0.515. The first-order valence-electron chi connectivity index (χ1n) is 10.0. The second kappa shape index (κ2) is 8.30. The van der Waals surface area contributed by atoms with Gasteiger partial charge in [0.2, 0.25) is 9.03 Å². The van der Waals surface area contributed by atoms with Crippen LogP contribution < -0.4 is 4.52 Å². The summed E-state index contributed by atoms with van der Waals surface area (Å²) < 4.78 is 5.73. The van der Waals surface area contributed by atoms with Gasteiger partial charge in [0, 0.05) is 5.56 Å². The molecule has 0 aliphatic rings. The number of hydrogen-bond acceptors (Lipinski definition) is 2. The predicted molar refractivity (Wildman–Crippen MR) is 126 cm³/mol. The van der Waals surface area contributed by atoms with Gasteiger partial charge in [-0.3, -0.25) is 0 Å². The van der Waals surface area contributed by atoms with Gasteiger partial charge in [-0.15, -0.1) is 0 Å². The van der Waals surface area contributed by atoms with Crippen molar-refractivity contribution in [2.75, 3.05) is 0 Å². The molecule has 0 aromatic heterocycles. The first-order chi connectivity index (χ1) is 13.6. The van der Waals surface area contributed by atoms with E-state index in [1.807, 2.05) is 12.1 Å². The van der Waals surface area contributed by atoms with E-state index in [9.17, 15) is 4.89 Å². The van der Waals surface area contributed by atoms with Crippen LogP contribution >= 0.6 is 9.03 Å². The molecule has 1 N–H and O–H groups in total. The van der Waals surface area contributed by atoms with Gasteiger partial charge in [0.25, 0.3) is 0 Å². The van der Waals surface area contributed by atoms with Crippen LogP contribution in [-0.2, 0) is 10.8 Å². The van der Waals surface area contributed by atoms with Crippen molar-refractivity contribution >= 4 is 9.03 Å². The van der Waals surface area contributed by atoms with Crippen molar-refractivity contribution in [1.29, 1.82) is 0 Å². The van der Waals surface area contributed by atoms with Crippen molar-refractivity contribution in [1.82, 2.24) is 0 Å². The topological polar surface area (TPSA) is 29.5 Å². The fraction of sp³-hybridized carbons (Fsp3) is 0.308. The van der Waals surface area contributed by atoms with Gasteiger partial charge in [-0.05, 0) is 44.7 Å². The molecule has 0 amide bonds. The summed E-state index contributed by atoms with van der Waals surface area (Å²) in [6.45, 7) is 13.4. The Morgan fingerprint density at radius 3 is 1.66 bits per heavy atom. The molecule has 152 valence electrons. The molecule has 0 spiro atoms. The highest BCUT2D eigenvalue weighted by molar-refractivity contribution is 7.25. The SMILES string of the molecule is CC(C)(C)c1ccccc1-c1cccc(OPO)c1-c1ccccc1C(C)(C)C. The molecule has 3 heteroatoms. The van der Waals surface area contributed by atoms with Crippen molar-refractivity contribution in [3.63, 3.8) is 0 Å². The summed E-state index contributed by atoms with van der Waals surface area (Å²) in [6.07, 6.45) is 0. The van der Waals surface area contributed by atoms with Gasteiger partial charge >= 0.3 is 0 Å². The van der Waals surface area contributed by atoms with Gasteiger partial charge in [-0.25, -0.2) is 0 Å². The maximum atomic E-state index is 9.57. The van der Waals surface area contributed by atoms with Crippen LogP contribution in [0, 0.1) is 0 Å². The quantitative estimate of drug-likeness (QED) is 0.455. The van der Waals surface area contributed by atoms with E-state index in [0.717, 1.165) is 16.7 Å². The van der Waals surface area contributed by atoms with Gasteiger partial charge in [0.05, 0.1) is 0 Å². The summed E-state index contributed by atoms with van der Waals surface area (Å²) in [6, 6.07) is 23.2. The van der Waals surface area contributed by atoms with E-state index in [0.29, 0.717) is 5.75 Å². The fourth-order valence-electron chi connectivity index (χ4n) is 3.89. The lowest BCUT2D eigenvalue weighted by Gasteiger charge is -2.27. The molecule has 0 heterocycles. The van der Waals surface area contributed by atoms with Crippen molar-refractivity contribution in [3.8, 4) is 28.0 Å². The average molecular weight is 407 g/mol. The molecular formula is C26H31O2P. The molecule has 0 radical (unpaired) electrons. The second-order valence-electron chi connectivity index (χ2n) is 9.46. The molecule has 0 bridgehead atoms. The standard InChI is InChI=1S/C26H31O2P/c1-25(2,3)21-15-9-7-12-18(21)19-14-11-17-23(28-29-27)24(19)20-13-8-10-16-22(20)26(4,5)6/h7-17,27,29H,1-6H3. The van der Waals surface area contributed by atoms with E-state index < -0.39 is 9.03 Å². The van der Waals surface area contributed by atoms with Crippen LogP contribution in [0.2, 0.25) is 0 Å². The molecule has 2 nitrogen and oxygen atoms in total. The minimum absolute atomic E-state index is 0.00694. The van der Waals surface area contributed by atoms with Crippen molar-refractivity contribution in [2.45, 2.75) is 52.4 Å². The molecule has 0 fully saturated rings. The molecule has 0 aliphatic carbocycles. The van der Waals surface area contributed by atoms with Crippen LogP contribution in [-0.4, -0.2) is 4.89 Å². The highest BCUT2D eigenvalue weighted by Gasteiger charge is 2.25. The Balaban J connectivity index is 2.39. The van der Waals surface area contributed by atoms with Crippen molar-refractivity contribution < 1.29 is 9.42 Å². The predicted octanol–water partition coefficient (Wildman–Crippen LogP) is 7.50. The summed E-state index contributed by atoms with van der Waals surface area (Å²) in [7, 11) is -0.600. The second-order valence-corrected chi connectivity index (χ2v) is 9.85. The number of benzene rings is 3. The summed E-state index contributed by atoms with van der Waals surface area (Å²) in [4.78, 5) is 9.57. The lowest BCUT2D eigenvalue weighted by atomic mass is 9.77. The molecule has 29 heavy (non-hydrogen) atoms. The summed E-state index contributed by atoms with van der Waals surface area (Å²) >= 11 is 0. The Bertz CT molecular complexity index is 994. The van der Waals surface area contributed by atoms with Gasteiger partial charge in [-0.1, -0.05) is 102 Å². The maximum Gasteiger partial charge on any atom is 0.212 e. The zero-order valence-corrected chi connectivity index (χ0v) is 19.2. The first-order valence-corrected chi connectivity index (χ1v) is 10.9. The Hall–Kier alpha value is -2.15. The van der Waals surface area contributed by atoms with Crippen LogP contribution in [0.1, 0.15) is 52.7 Å². The van der Waals surface area contributed by atoms with Gasteiger partial charge in [-0.2, -0.15) is 0 Å². The summed E-state index contributed by atoms with van der Waals surface area (Å²) in [5, 5.41) is 0. The lowest BCUT2D eigenvalue weighted by Crippen LogP contribution is -2.14. The monoisotopic (exact) mass is 406 g/mol. The molecule has 1 unspecified atom stereocenters. The Morgan fingerprint density at radius 1 is 0.621 bits per heavy atom. The normalized spacial score (nSPS) is 12.5. The van der Waals surface area contributed by atoms with Gasteiger partial charge in [0.15, 0.2) is 0 Å².